The van der Waals surface area contributed by atoms with E-state index in [-0.39, 0.29) is 17.8 Å². The summed E-state index contributed by atoms with van der Waals surface area (Å²) in [4.78, 5) is 14.8. The number of amides is 1. The van der Waals surface area contributed by atoms with Gasteiger partial charge in [-0.05, 0) is 65.5 Å². The maximum atomic E-state index is 12.3. The third-order valence-electron chi connectivity index (χ3n) is 14.7. The van der Waals surface area contributed by atoms with Crippen LogP contribution in [-0.2, 0) is 23.7 Å². The summed E-state index contributed by atoms with van der Waals surface area (Å²) in [6.07, 6.45) is 45.8. The molecule has 0 bridgehead atoms. The summed E-state index contributed by atoms with van der Waals surface area (Å²) in [6.45, 7) is 10.00. The van der Waals surface area contributed by atoms with Gasteiger partial charge in [-0.25, -0.2) is 0 Å². The van der Waals surface area contributed by atoms with Crippen molar-refractivity contribution in [3.05, 3.63) is 0 Å². The van der Waals surface area contributed by atoms with E-state index in [2.05, 4.69) is 31.1 Å². The number of nitrogens with one attached hydrogen (secondary N) is 1. The molecule has 2 rings (SSSR count). The topological polar surface area (TPSA) is 130 Å². The van der Waals surface area contributed by atoms with E-state index in [1.54, 1.807) is 6.92 Å². The van der Waals surface area contributed by atoms with Crippen LogP contribution in [-0.4, -0.2) is 109 Å². The molecule has 398 valence electrons. The first-order chi connectivity index (χ1) is 32.7. The van der Waals surface area contributed by atoms with E-state index >= 15 is 0 Å². The minimum absolute atomic E-state index is 0.0439. The molecule has 0 spiro atoms. The van der Waals surface area contributed by atoms with Crippen molar-refractivity contribution in [2.75, 3.05) is 39.9 Å². The first-order valence-corrected chi connectivity index (χ1v) is 29.3. The van der Waals surface area contributed by atoms with Crippen molar-refractivity contribution in [3.63, 3.8) is 0 Å². The van der Waals surface area contributed by atoms with Gasteiger partial charge >= 0.3 is 0 Å². The van der Waals surface area contributed by atoms with Crippen LogP contribution in [0.25, 0.3) is 0 Å². The fourth-order valence-corrected chi connectivity index (χ4v) is 10.1. The highest BCUT2D eigenvalue weighted by molar-refractivity contribution is 5.75. The van der Waals surface area contributed by atoms with Gasteiger partial charge in [0.25, 0.3) is 0 Å². The Kier molecular flexibility index (Phi) is 39.8. The Hall–Kier alpha value is -0.850. The standard InChI is InChI=1S/C57H112N2O8/c1-5-7-9-11-13-15-17-19-21-22-23-25-27-29-31-33-37-44-57(43-36-32-30-28-26-24-20-18-16-14-12-10-8-6-2)65-49-51(67-57)42-47-59(4)46-39-34-38-45-58-52(60)41-35-40-48-64-56-55(63)54(62)53(61)50(3)66-56/h50-51,53-56,61-63H,5-49H2,1-4H3,(H,58,60). The maximum Gasteiger partial charge on any atom is 0.219 e. The lowest BCUT2D eigenvalue weighted by molar-refractivity contribution is -0.293. The zero-order chi connectivity index (χ0) is 48.5. The van der Waals surface area contributed by atoms with Crippen LogP contribution in [0.1, 0.15) is 278 Å². The number of unbranched alkanes of at least 4 members (excludes halogenated alkanes) is 32. The molecule has 67 heavy (non-hydrogen) atoms. The van der Waals surface area contributed by atoms with Gasteiger partial charge in [-0.2, -0.15) is 0 Å². The van der Waals surface area contributed by atoms with Crippen LogP contribution in [0, 0.1) is 0 Å². The van der Waals surface area contributed by atoms with E-state index < -0.39 is 30.7 Å². The average molecular weight is 954 g/mol. The normalized spacial score (nSPS) is 23.2. The van der Waals surface area contributed by atoms with Crippen molar-refractivity contribution in [2.45, 2.75) is 320 Å². The van der Waals surface area contributed by atoms with Gasteiger partial charge in [0, 0.05) is 39.0 Å². The van der Waals surface area contributed by atoms with Gasteiger partial charge in [-0.15, -0.1) is 0 Å². The molecule has 0 aromatic rings. The predicted molar refractivity (Wildman–Crippen MR) is 278 cm³/mol. The van der Waals surface area contributed by atoms with Crippen LogP contribution in [0.15, 0.2) is 0 Å². The summed E-state index contributed by atoms with van der Waals surface area (Å²) in [6, 6.07) is 0. The molecule has 0 radical (unpaired) electrons. The molecule has 0 aliphatic carbocycles. The Morgan fingerprint density at radius 3 is 1.49 bits per heavy atom. The minimum atomic E-state index is -1.30. The number of carbonyl (C=O) groups is 1. The van der Waals surface area contributed by atoms with Gasteiger partial charge in [0.2, 0.25) is 5.91 Å². The Morgan fingerprint density at radius 1 is 0.567 bits per heavy atom. The molecule has 7 unspecified atom stereocenters. The second kappa shape index (κ2) is 42.8. The first kappa shape index (κ1) is 62.3. The second-order valence-corrected chi connectivity index (χ2v) is 21.2. The highest BCUT2D eigenvalue weighted by Gasteiger charge is 2.42. The SMILES string of the molecule is CCCCCCCCCCCCCCCCCCCC1(CCCCCCCCCCCCCCCC)OCC(CCN(C)CCCCCNC(=O)CCCCOC2OC(C)C(O)C(O)C2O)O1. The molecule has 4 N–H and O–H groups in total. The van der Waals surface area contributed by atoms with Gasteiger partial charge in [0.15, 0.2) is 12.1 Å². The number of rotatable bonds is 48. The van der Waals surface area contributed by atoms with Crippen LogP contribution < -0.4 is 5.32 Å². The van der Waals surface area contributed by atoms with Crippen molar-refractivity contribution in [1.82, 2.24) is 10.2 Å². The zero-order valence-corrected chi connectivity index (χ0v) is 44.6. The Bertz CT molecular complexity index is 1100. The number of aliphatic hydroxyl groups excluding tert-OH is 3. The van der Waals surface area contributed by atoms with E-state index in [1.165, 1.54) is 199 Å². The third-order valence-corrected chi connectivity index (χ3v) is 14.7. The molecule has 0 saturated carbocycles. The van der Waals surface area contributed by atoms with Crippen LogP contribution in [0.2, 0.25) is 0 Å². The summed E-state index contributed by atoms with van der Waals surface area (Å²) >= 11 is 0. The quantitative estimate of drug-likeness (QED) is 0.0441. The first-order valence-electron chi connectivity index (χ1n) is 29.3. The van der Waals surface area contributed by atoms with Crippen LogP contribution in [0.5, 0.6) is 0 Å². The zero-order valence-electron chi connectivity index (χ0n) is 44.6. The Balaban J connectivity index is 1.57. The number of carbonyl (C=O) groups excluding carboxylic acids is 1. The third kappa shape index (κ3) is 32.7. The molecular formula is C57H112N2O8. The largest absolute Gasteiger partial charge is 0.388 e. The van der Waals surface area contributed by atoms with Crippen molar-refractivity contribution in [3.8, 4) is 0 Å². The summed E-state index contributed by atoms with van der Waals surface area (Å²) in [5, 5.41) is 32.9. The monoisotopic (exact) mass is 953 g/mol. The lowest BCUT2D eigenvalue weighted by Crippen LogP contribution is -2.57. The molecule has 0 aromatic heterocycles. The summed E-state index contributed by atoms with van der Waals surface area (Å²) in [5.74, 6) is -0.335. The predicted octanol–water partition coefficient (Wildman–Crippen LogP) is 13.6. The second-order valence-electron chi connectivity index (χ2n) is 21.2. The smallest absolute Gasteiger partial charge is 0.219 e. The van der Waals surface area contributed by atoms with Crippen LogP contribution in [0.4, 0.5) is 0 Å². The molecule has 2 aliphatic heterocycles. The van der Waals surface area contributed by atoms with E-state index in [0.717, 1.165) is 58.2 Å². The lowest BCUT2D eigenvalue weighted by atomic mass is 9.98. The van der Waals surface area contributed by atoms with Crippen LogP contribution in [0.3, 0.4) is 0 Å². The highest BCUT2D eigenvalue weighted by Crippen LogP contribution is 2.36. The Labute approximate surface area is 413 Å². The molecule has 2 saturated heterocycles. The molecule has 2 fully saturated rings. The molecule has 2 aliphatic rings. The lowest BCUT2D eigenvalue weighted by Gasteiger charge is -2.38. The molecular weight excluding hydrogens is 841 g/mol. The fraction of sp³-hybridized carbons (Fsp3) is 0.982. The molecule has 10 nitrogen and oxygen atoms in total. The van der Waals surface area contributed by atoms with Gasteiger partial charge in [0.1, 0.15) is 18.3 Å². The maximum absolute atomic E-state index is 12.3. The van der Waals surface area contributed by atoms with E-state index in [9.17, 15) is 20.1 Å². The van der Waals surface area contributed by atoms with E-state index in [0.29, 0.717) is 32.4 Å². The molecule has 10 heteroatoms. The number of hydrogen-bond donors (Lipinski definition) is 4. The van der Waals surface area contributed by atoms with Gasteiger partial charge < -0.3 is 44.5 Å². The number of aliphatic hydroxyl groups is 3. The van der Waals surface area contributed by atoms with Gasteiger partial charge in [0.05, 0.1) is 18.8 Å². The highest BCUT2D eigenvalue weighted by atomic mass is 16.7. The summed E-state index contributed by atoms with van der Waals surface area (Å²) in [5.41, 5.74) is 0. The number of ether oxygens (including phenoxy) is 4. The van der Waals surface area contributed by atoms with E-state index in [4.69, 9.17) is 18.9 Å². The van der Waals surface area contributed by atoms with Crippen molar-refractivity contribution in [1.29, 1.82) is 0 Å². The van der Waals surface area contributed by atoms with Gasteiger partial charge in [-0.1, -0.05) is 206 Å². The molecule has 1 amide bonds. The Morgan fingerprint density at radius 2 is 1.01 bits per heavy atom. The molecule has 2 heterocycles. The number of hydrogen-bond acceptors (Lipinski definition) is 9. The molecule has 0 aromatic carbocycles. The van der Waals surface area contributed by atoms with Gasteiger partial charge in [-0.3, -0.25) is 4.79 Å². The van der Waals surface area contributed by atoms with Crippen molar-refractivity contribution >= 4 is 5.91 Å². The average Bonchev–Trinajstić information content (AvgIpc) is 3.73. The summed E-state index contributed by atoms with van der Waals surface area (Å²) < 4.78 is 24.5. The fourth-order valence-electron chi connectivity index (χ4n) is 10.1. The van der Waals surface area contributed by atoms with Crippen LogP contribution >= 0.6 is 0 Å². The van der Waals surface area contributed by atoms with Crippen molar-refractivity contribution in [2.24, 2.45) is 0 Å². The molecule has 7 atom stereocenters. The minimum Gasteiger partial charge on any atom is -0.388 e. The summed E-state index contributed by atoms with van der Waals surface area (Å²) in [7, 11) is 2.22. The van der Waals surface area contributed by atoms with Crippen molar-refractivity contribution < 1.29 is 39.1 Å². The van der Waals surface area contributed by atoms with E-state index in [1.807, 2.05) is 0 Å². The number of nitrogens with zero attached hydrogens (tertiary/aromatic N) is 1.